The number of benzene rings is 2. The third-order valence-electron chi connectivity index (χ3n) is 4.72. The van der Waals surface area contributed by atoms with Crippen molar-refractivity contribution >= 4 is 41.0 Å². The number of nitrogens with two attached hydrogens (primary N) is 1. The van der Waals surface area contributed by atoms with Gasteiger partial charge in [0.2, 0.25) is 5.91 Å². The van der Waals surface area contributed by atoms with Crippen LogP contribution in [0.1, 0.15) is 31.1 Å². The molecule has 2 unspecified atom stereocenters. The van der Waals surface area contributed by atoms with Crippen molar-refractivity contribution in [2.75, 3.05) is 5.32 Å². The van der Waals surface area contributed by atoms with Gasteiger partial charge in [-0.05, 0) is 49.2 Å². The van der Waals surface area contributed by atoms with Gasteiger partial charge in [-0.1, -0.05) is 13.8 Å². The van der Waals surface area contributed by atoms with Crippen LogP contribution in [0.5, 0.6) is 5.75 Å². The molecule has 2 aromatic rings. The zero-order valence-electron chi connectivity index (χ0n) is 19.5. The molecular formula is C23H24N4O9. The molecule has 13 nitrogen and oxygen atoms in total. The number of carbonyl (C=O) groups excluding carboxylic acids is 5. The Morgan fingerprint density at radius 1 is 0.917 bits per heavy atom. The molecule has 36 heavy (non-hydrogen) atoms. The first kappa shape index (κ1) is 27.4. The lowest BCUT2D eigenvalue weighted by molar-refractivity contribution is -0.384. The van der Waals surface area contributed by atoms with E-state index in [2.05, 4.69) is 10.6 Å². The standard InChI is InChI=1S/C23H24N4O9/c1-12(2)19(36-23(24)32)21(30)25-13(3)20(29)26-15-6-4-14(5-7-15)18(28)22(31)35-17-10-8-16(9-11-17)27(33)34/h4-13,19H,1-3H3,(H2,24,32)(H,25,30)(H,26,29). The smallest absolute Gasteiger partial charge is 0.405 e. The zero-order chi connectivity index (χ0) is 27.0. The van der Waals surface area contributed by atoms with E-state index >= 15 is 0 Å². The predicted octanol–water partition coefficient (Wildman–Crippen LogP) is 1.95. The number of anilines is 1. The number of esters is 1. The molecule has 0 fully saturated rings. The van der Waals surface area contributed by atoms with E-state index < -0.39 is 46.7 Å². The SMILES string of the molecule is CC(NC(=O)C(OC(N)=O)C(C)C)C(=O)Nc1ccc(C(=O)C(=O)Oc2ccc([N+](=O)[O-])cc2)cc1. The first-order chi connectivity index (χ1) is 16.9. The fourth-order valence-corrected chi connectivity index (χ4v) is 2.84. The van der Waals surface area contributed by atoms with Gasteiger partial charge in [0.1, 0.15) is 11.8 Å². The summed E-state index contributed by atoms with van der Waals surface area (Å²) in [4.78, 5) is 70.2. The van der Waals surface area contributed by atoms with Gasteiger partial charge in [-0.3, -0.25) is 24.5 Å². The van der Waals surface area contributed by atoms with Gasteiger partial charge in [-0.15, -0.1) is 0 Å². The monoisotopic (exact) mass is 500 g/mol. The van der Waals surface area contributed by atoms with Crippen LogP contribution in [0.3, 0.4) is 0 Å². The Balaban J connectivity index is 1.95. The molecule has 0 aliphatic heterocycles. The second-order valence-corrected chi connectivity index (χ2v) is 7.87. The fourth-order valence-electron chi connectivity index (χ4n) is 2.84. The summed E-state index contributed by atoms with van der Waals surface area (Å²) >= 11 is 0. The molecule has 0 aliphatic carbocycles. The van der Waals surface area contributed by atoms with E-state index in [0.29, 0.717) is 0 Å². The number of ether oxygens (including phenoxy) is 2. The van der Waals surface area contributed by atoms with Crippen LogP contribution in [0.2, 0.25) is 0 Å². The van der Waals surface area contributed by atoms with Crippen LogP contribution in [0.25, 0.3) is 0 Å². The van der Waals surface area contributed by atoms with Crippen molar-refractivity contribution in [3.63, 3.8) is 0 Å². The minimum Gasteiger partial charge on any atom is -0.436 e. The van der Waals surface area contributed by atoms with Crippen LogP contribution in [0.4, 0.5) is 16.2 Å². The van der Waals surface area contributed by atoms with Crippen LogP contribution in [-0.2, 0) is 19.1 Å². The summed E-state index contributed by atoms with van der Waals surface area (Å²) in [6.45, 7) is 4.70. The molecule has 0 saturated carbocycles. The zero-order valence-corrected chi connectivity index (χ0v) is 19.5. The quantitative estimate of drug-likeness (QED) is 0.109. The Morgan fingerprint density at radius 2 is 1.50 bits per heavy atom. The lowest BCUT2D eigenvalue weighted by Crippen LogP contribution is -2.49. The number of carbonyl (C=O) groups is 5. The van der Waals surface area contributed by atoms with E-state index in [1.165, 1.54) is 43.3 Å². The Kier molecular flexibility index (Phi) is 9.19. The molecule has 2 aromatic carbocycles. The molecule has 0 radical (unpaired) electrons. The highest BCUT2D eigenvalue weighted by molar-refractivity contribution is 6.41. The number of non-ortho nitro benzene ring substituents is 1. The second-order valence-electron chi connectivity index (χ2n) is 7.87. The van der Waals surface area contributed by atoms with E-state index in [4.69, 9.17) is 15.2 Å². The van der Waals surface area contributed by atoms with E-state index in [1.807, 2.05) is 0 Å². The van der Waals surface area contributed by atoms with E-state index in [-0.39, 0.29) is 28.6 Å². The van der Waals surface area contributed by atoms with Crippen LogP contribution in [0.15, 0.2) is 48.5 Å². The topological polar surface area (TPSA) is 197 Å². The Labute approximate surface area is 205 Å². The van der Waals surface area contributed by atoms with Gasteiger partial charge in [0.25, 0.3) is 17.4 Å². The lowest BCUT2D eigenvalue weighted by atomic mass is 10.1. The van der Waals surface area contributed by atoms with E-state index in [9.17, 15) is 34.1 Å². The minimum atomic E-state index is -1.20. The molecule has 0 aromatic heterocycles. The van der Waals surface area contributed by atoms with Gasteiger partial charge >= 0.3 is 12.1 Å². The van der Waals surface area contributed by atoms with Crippen molar-refractivity contribution in [1.29, 1.82) is 0 Å². The van der Waals surface area contributed by atoms with Crippen LogP contribution < -0.4 is 21.1 Å². The third-order valence-corrected chi connectivity index (χ3v) is 4.72. The number of nitro groups is 1. The lowest BCUT2D eigenvalue weighted by Gasteiger charge is -2.22. The normalized spacial score (nSPS) is 12.1. The summed E-state index contributed by atoms with van der Waals surface area (Å²) < 4.78 is 9.71. The van der Waals surface area contributed by atoms with Crippen LogP contribution in [0, 0.1) is 16.0 Å². The number of hydrogen-bond acceptors (Lipinski definition) is 9. The van der Waals surface area contributed by atoms with Crippen LogP contribution >= 0.6 is 0 Å². The molecule has 0 heterocycles. The number of hydrogen-bond donors (Lipinski definition) is 3. The number of nitrogens with zero attached hydrogens (tertiary/aromatic N) is 1. The van der Waals surface area contributed by atoms with E-state index in [0.717, 1.165) is 12.1 Å². The average Bonchev–Trinajstić information content (AvgIpc) is 2.82. The highest BCUT2D eigenvalue weighted by Gasteiger charge is 2.28. The van der Waals surface area contributed by atoms with Gasteiger partial charge in [-0.25, -0.2) is 9.59 Å². The number of nitro benzene ring substituents is 1. The van der Waals surface area contributed by atoms with Crippen molar-refractivity contribution in [1.82, 2.24) is 5.32 Å². The average molecular weight is 500 g/mol. The summed E-state index contributed by atoms with van der Waals surface area (Å²) in [6.07, 6.45) is -2.29. The minimum absolute atomic E-state index is 0.0235. The summed E-state index contributed by atoms with van der Waals surface area (Å²) in [6, 6.07) is 8.92. The fraction of sp³-hybridized carbons (Fsp3) is 0.261. The summed E-state index contributed by atoms with van der Waals surface area (Å²) in [7, 11) is 0. The maximum atomic E-state index is 12.4. The van der Waals surface area contributed by atoms with Crippen molar-refractivity contribution in [3.05, 3.63) is 64.2 Å². The summed E-state index contributed by atoms with van der Waals surface area (Å²) in [5, 5.41) is 15.6. The predicted molar refractivity (Wildman–Crippen MR) is 125 cm³/mol. The largest absolute Gasteiger partial charge is 0.436 e. The molecule has 0 bridgehead atoms. The maximum Gasteiger partial charge on any atom is 0.405 e. The maximum absolute atomic E-state index is 12.4. The highest BCUT2D eigenvalue weighted by atomic mass is 16.6. The molecule has 0 aliphatic rings. The number of nitrogens with one attached hydrogen (secondary N) is 2. The number of primary amides is 1. The van der Waals surface area contributed by atoms with E-state index in [1.54, 1.807) is 13.8 Å². The molecule has 2 rings (SSSR count). The summed E-state index contributed by atoms with van der Waals surface area (Å²) in [5.41, 5.74) is 5.02. The van der Waals surface area contributed by atoms with Crippen molar-refractivity contribution in [2.24, 2.45) is 11.7 Å². The highest BCUT2D eigenvalue weighted by Crippen LogP contribution is 2.18. The molecule has 190 valence electrons. The summed E-state index contributed by atoms with van der Waals surface area (Å²) in [5.74, 6) is -3.89. The molecule has 0 spiro atoms. The first-order valence-corrected chi connectivity index (χ1v) is 10.6. The molecule has 4 N–H and O–H groups in total. The van der Waals surface area contributed by atoms with Crippen molar-refractivity contribution < 1.29 is 38.4 Å². The Bertz CT molecular complexity index is 1160. The molecular weight excluding hydrogens is 476 g/mol. The second kappa shape index (κ2) is 12.1. The van der Waals surface area contributed by atoms with Crippen molar-refractivity contribution in [2.45, 2.75) is 32.9 Å². The third kappa shape index (κ3) is 7.62. The van der Waals surface area contributed by atoms with Crippen LogP contribution in [-0.4, -0.2) is 46.7 Å². The first-order valence-electron chi connectivity index (χ1n) is 10.6. The molecule has 0 saturated heterocycles. The Morgan fingerprint density at radius 3 is 2.00 bits per heavy atom. The number of ketones is 1. The molecule has 13 heteroatoms. The van der Waals surface area contributed by atoms with Gasteiger partial charge in [0.05, 0.1) is 4.92 Å². The Hall–Kier alpha value is -4.81. The number of rotatable bonds is 10. The number of amides is 3. The van der Waals surface area contributed by atoms with Gasteiger partial charge < -0.3 is 25.8 Å². The molecule has 2 atom stereocenters. The van der Waals surface area contributed by atoms with Gasteiger partial charge in [0.15, 0.2) is 6.10 Å². The molecule has 3 amide bonds. The van der Waals surface area contributed by atoms with Crippen molar-refractivity contribution in [3.8, 4) is 5.75 Å². The van der Waals surface area contributed by atoms with Gasteiger partial charge in [-0.2, -0.15) is 0 Å². The van der Waals surface area contributed by atoms with Gasteiger partial charge in [0, 0.05) is 23.4 Å². The number of Topliss-reactive ketones (excluding diaryl/α,β-unsaturated/α-hetero) is 1.